The maximum absolute atomic E-state index is 10.2. The number of nitrogens with two attached hydrogens (primary N) is 4. The molecule has 442 valence electrons. The summed E-state index contributed by atoms with van der Waals surface area (Å²) in [6, 6.07) is 17.4. The second-order valence-electron chi connectivity index (χ2n) is 19.0. The van der Waals surface area contributed by atoms with Gasteiger partial charge in [-0.05, 0) is 94.1 Å². The van der Waals surface area contributed by atoms with Crippen LogP contribution in [0.4, 0.5) is 5.69 Å². The highest BCUT2D eigenvalue weighted by atomic mass is 28.6. The van der Waals surface area contributed by atoms with Gasteiger partial charge in [0, 0.05) is 62.6 Å². The fraction of sp³-hybridized carbons (Fsp3) is 0.864. The fourth-order valence-corrected chi connectivity index (χ4v) is 61.8. The van der Waals surface area contributed by atoms with Gasteiger partial charge in [-0.1, -0.05) is 117 Å². The lowest BCUT2D eigenvalue weighted by molar-refractivity contribution is -0.0244. The molecule has 8 bridgehead atoms. The van der Waals surface area contributed by atoms with E-state index in [9.17, 15) is 4.80 Å². The van der Waals surface area contributed by atoms with Crippen LogP contribution >= 0.6 is 0 Å². The molecule has 6 fully saturated rings. The summed E-state index contributed by atoms with van der Waals surface area (Å²) >= 11 is 0. The third kappa shape index (κ3) is 20.6. The molecule has 1 aromatic rings. The van der Waals surface area contributed by atoms with Crippen LogP contribution in [0, 0.1) is 0 Å². The topological polar surface area (TPSA) is 272 Å². The van der Waals surface area contributed by atoms with Crippen molar-refractivity contribution >= 4 is 92.5 Å². The Morgan fingerprint density at radius 3 is 1.08 bits per heavy atom. The van der Waals surface area contributed by atoms with Crippen LogP contribution in [0.25, 0.3) is 0 Å². The smallest absolute Gasteiger partial charge is 0.432 e. The van der Waals surface area contributed by atoms with Crippen molar-refractivity contribution in [2.24, 2.45) is 33.2 Å². The third-order valence-corrected chi connectivity index (χ3v) is 59.5. The minimum Gasteiger partial charge on any atom is -0.432 e. The van der Waals surface area contributed by atoms with Gasteiger partial charge in [-0.3, -0.25) is 0 Å². The first-order valence-corrected chi connectivity index (χ1v) is 46.9. The molecule has 30 heteroatoms. The minimum absolute atomic E-state index is 0. The van der Waals surface area contributed by atoms with Crippen LogP contribution in [0.2, 0.25) is 92.7 Å². The Morgan fingerprint density at radius 1 is 0.500 bits per heavy atom. The summed E-state index contributed by atoms with van der Waals surface area (Å²) in [4.78, 5) is 10.2. The molecule has 0 radical (unpaired) electrons. The van der Waals surface area contributed by atoms with Gasteiger partial charge in [-0.15, -0.1) is 0 Å². The number of benzene rings is 1. The van der Waals surface area contributed by atoms with E-state index in [4.69, 9.17) is 72.3 Å². The van der Waals surface area contributed by atoms with Crippen LogP contribution < -0.4 is 28.3 Å². The van der Waals surface area contributed by atoms with Gasteiger partial charge in [0.15, 0.2) is 8.32 Å². The van der Waals surface area contributed by atoms with E-state index in [2.05, 4.69) is 61.9 Å². The number of rotatable bonds is 22. The highest BCUT2D eigenvalue weighted by Crippen LogP contribution is 2.51. The van der Waals surface area contributed by atoms with Crippen molar-refractivity contribution in [2.45, 2.75) is 204 Å². The molecule has 6 saturated heterocycles. The second kappa shape index (κ2) is 33.1. The van der Waals surface area contributed by atoms with Crippen molar-refractivity contribution < 1.29 is 54.2 Å². The molecule has 10 N–H and O–H groups in total. The van der Waals surface area contributed by atoms with Gasteiger partial charge >= 0.3 is 70.4 Å². The first-order valence-electron chi connectivity index (χ1n) is 24.7. The zero-order valence-corrected chi connectivity index (χ0v) is 51.9. The predicted molar refractivity (Wildman–Crippen MR) is 328 cm³/mol. The van der Waals surface area contributed by atoms with E-state index in [1.807, 2.05) is 18.2 Å². The molecule has 74 heavy (non-hydrogen) atoms. The van der Waals surface area contributed by atoms with Crippen LogP contribution in [-0.2, 0) is 49.4 Å². The van der Waals surface area contributed by atoms with Crippen molar-refractivity contribution in [3.8, 4) is 0 Å². The molecule has 0 aromatic heterocycles. The predicted octanol–water partition coefficient (Wildman–Crippen LogP) is 10.5. The van der Waals surface area contributed by atoms with Gasteiger partial charge in [0.25, 0.3) is 0 Å². The molecule has 0 atom stereocenters. The Balaban J connectivity index is -0.00000124. The van der Waals surface area contributed by atoms with Gasteiger partial charge < -0.3 is 82.4 Å². The van der Waals surface area contributed by atoms with Crippen LogP contribution in [0.5, 0.6) is 0 Å². The lowest BCUT2D eigenvalue weighted by Gasteiger charge is -2.62. The molecule has 0 amide bonds. The third-order valence-electron chi connectivity index (χ3n) is 13.4. The molecular weight excluding hydrogens is 1120 g/mol. The van der Waals surface area contributed by atoms with Gasteiger partial charge in [0.2, 0.25) is 0 Å². The number of azo groups is 1. The molecule has 7 heterocycles. The van der Waals surface area contributed by atoms with Crippen molar-refractivity contribution in [1.82, 2.24) is 0 Å². The quantitative estimate of drug-likeness (QED) is 0.0465. The maximum Gasteiger partial charge on any atom is 0.478 e. The monoisotopic (exact) mass is 1230 g/mol. The zero-order valence-electron chi connectivity index (χ0n) is 41.9. The highest BCUT2D eigenvalue weighted by molar-refractivity contribution is 7.02. The van der Waals surface area contributed by atoms with Gasteiger partial charge in [0.05, 0.1) is 21.2 Å². The first kappa shape index (κ1) is 78.3. The van der Waals surface area contributed by atoms with Crippen molar-refractivity contribution in [2.75, 3.05) is 51.1 Å². The van der Waals surface area contributed by atoms with E-state index in [1.165, 1.54) is 17.8 Å². The van der Waals surface area contributed by atoms with E-state index in [0.717, 1.165) is 49.7 Å². The first-order chi connectivity index (χ1) is 31.7. The normalized spacial score (nSPS) is 32.3. The van der Waals surface area contributed by atoms with Gasteiger partial charge in [-0.25, -0.2) is 0 Å². The molecule has 7 aliphatic heterocycles. The molecular formula is C44H113N7O13Si10. The standard InChI is InChI=1S/C16H44N4O12Si8.C13H23NOSi.C8H18N2Si.7CH4/c1-33-21-34(2)23-36(4)24-35(3,22-33)27-39(15-7-11-19)30-37(25-33,13-5-9-17)29-38(26-34,14-6-10-18)31-40(28-36,32-39)16-8-12-20;1-3-16(15,4-2)12-8-11-14-13-9-6-5-7-10-13;1-4-11(3,5-2)8-6-9-10-7-8;;;;;;;/h5-20H2,1-4H3;5-7,9-10,14-15H,3-4,8,11-12H2,1-2H3;8H,4-7H2,1-3H3;7*1H4. The number of hydrogen-bond donors (Lipinski definition) is 6. The summed E-state index contributed by atoms with van der Waals surface area (Å²) in [6.07, 6.45) is 3.26. The Kier molecular flexibility index (Phi) is 35.1. The van der Waals surface area contributed by atoms with E-state index in [0.29, 0.717) is 76.0 Å². The van der Waals surface area contributed by atoms with Gasteiger partial charge in [-0.2, -0.15) is 10.2 Å². The molecule has 8 rings (SSSR count). The highest BCUT2D eigenvalue weighted by Gasteiger charge is 2.80. The lowest BCUT2D eigenvalue weighted by Crippen LogP contribution is -2.87. The van der Waals surface area contributed by atoms with Crippen LogP contribution in [0.3, 0.4) is 0 Å². The number of para-hydroxylation sites is 1. The number of hydrogen-bond acceptors (Lipinski definition) is 20. The molecule has 0 spiro atoms. The van der Waals surface area contributed by atoms with Crippen molar-refractivity contribution in [3.63, 3.8) is 0 Å². The molecule has 0 saturated carbocycles. The number of nitrogens with zero attached hydrogens (tertiary/aromatic N) is 2. The minimum atomic E-state index is -3.78. The van der Waals surface area contributed by atoms with Crippen LogP contribution in [0.1, 0.15) is 112 Å². The second-order valence-corrected chi connectivity index (χ2v) is 53.1. The summed E-state index contributed by atoms with van der Waals surface area (Å²) < 4.78 is 83.0. The SMILES string of the molecule is C.C.C.C.C.C.C.CC[Si](C)(CC)C1CN=NC1.CC[Si](O)(CC)CCCNc1ccccc1.C[Si]12O[Si]3(C)O[Si]4(C)O[Si](C)(O1)O[Si]1(CCCN)O[Si](CCCN)(O2)O[Si](CCCN)(O3)O[Si](CCCN)(O4)O1. The fourth-order valence-electron chi connectivity index (χ4n) is 9.26. The summed E-state index contributed by atoms with van der Waals surface area (Å²) in [5, 5.41) is 11.5. The average Bonchev–Trinajstić information content (AvgIpc) is 3.82. The summed E-state index contributed by atoms with van der Waals surface area (Å²) in [6.45, 7) is 23.0. The van der Waals surface area contributed by atoms with Gasteiger partial charge in [0.1, 0.15) is 0 Å². The van der Waals surface area contributed by atoms with E-state index in [1.54, 1.807) is 26.2 Å². The Hall–Kier alpha value is 0.109. The summed E-state index contributed by atoms with van der Waals surface area (Å²) in [7, 11) is -32.5. The Bertz CT molecular complexity index is 1560. The zero-order chi connectivity index (χ0) is 49.1. The number of nitrogens with one attached hydrogen (secondary N) is 1. The molecule has 0 aliphatic carbocycles. The Labute approximate surface area is 463 Å². The van der Waals surface area contributed by atoms with Crippen molar-refractivity contribution in [1.29, 1.82) is 0 Å². The molecule has 0 unspecified atom stereocenters. The molecule has 7 aliphatic rings. The number of anilines is 1. The lowest BCUT2D eigenvalue weighted by atomic mass is 10.3. The van der Waals surface area contributed by atoms with Crippen molar-refractivity contribution in [3.05, 3.63) is 30.3 Å². The average molecular weight is 1230 g/mol. The summed E-state index contributed by atoms with van der Waals surface area (Å²) in [5.41, 5.74) is 26.0. The molecule has 1 aromatic carbocycles. The Morgan fingerprint density at radius 2 is 0.811 bits per heavy atom. The molecule has 20 nitrogen and oxygen atoms in total. The van der Waals surface area contributed by atoms with E-state index < -0.39 is 86.8 Å². The summed E-state index contributed by atoms with van der Waals surface area (Å²) in [5.74, 6) is 0. The van der Waals surface area contributed by atoms with E-state index in [-0.39, 0.29) is 52.0 Å². The van der Waals surface area contributed by atoms with Crippen LogP contribution in [-0.4, -0.2) is 137 Å². The largest absolute Gasteiger partial charge is 0.478 e. The van der Waals surface area contributed by atoms with Crippen LogP contribution in [0.15, 0.2) is 40.6 Å². The maximum atomic E-state index is 10.2. The van der Waals surface area contributed by atoms with E-state index >= 15 is 0 Å².